The second-order valence-electron chi connectivity index (χ2n) is 4.44. The summed E-state index contributed by atoms with van der Waals surface area (Å²) in [5.41, 5.74) is 5.54. The smallest absolute Gasteiger partial charge is 0.294 e. The normalized spacial score (nSPS) is 27.4. The van der Waals surface area contributed by atoms with Crippen molar-refractivity contribution in [2.24, 2.45) is 11.7 Å². The number of nitrogens with two attached hydrogens (primary N) is 1. The van der Waals surface area contributed by atoms with Crippen molar-refractivity contribution in [2.75, 3.05) is 0 Å². The zero-order valence-corrected chi connectivity index (χ0v) is 11.6. The average Bonchev–Trinajstić information content (AvgIpc) is 2.25. The van der Waals surface area contributed by atoms with Gasteiger partial charge in [-0.1, -0.05) is 6.08 Å². The first-order chi connectivity index (χ1) is 9.01. The Labute approximate surface area is 115 Å². The number of ketones is 1. The zero-order valence-electron chi connectivity index (χ0n) is 9.92. The summed E-state index contributed by atoms with van der Waals surface area (Å²) in [6.07, 6.45) is 2.49. The van der Waals surface area contributed by atoms with Gasteiger partial charge in [-0.25, -0.2) is 0 Å². The van der Waals surface area contributed by atoms with Crippen LogP contribution in [0.4, 0.5) is 0 Å². The van der Waals surface area contributed by atoms with Crippen LogP contribution in [0.5, 0.6) is 0 Å². The van der Waals surface area contributed by atoms with E-state index in [1.165, 1.54) is 6.08 Å². The van der Waals surface area contributed by atoms with Crippen molar-refractivity contribution < 1.29 is 30.7 Å². The van der Waals surface area contributed by atoms with Gasteiger partial charge in [0.15, 0.2) is 5.78 Å². The van der Waals surface area contributed by atoms with Crippen LogP contribution in [0.2, 0.25) is 0 Å². The first-order valence-electron chi connectivity index (χ1n) is 5.38. The van der Waals surface area contributed by atoms with E-state index < -0.39 is 54.2 Å². The summed E-state index contributed by atoms with van der Waals surface area (Å²) < 4.78 is 62.8. The van der Waals surface area contributed by atoms with Crippen molar-refractivity contribution in [3.05, 3.63) is 33.6 Å². The topological polar surface area (TPSA) is 152 Å². The monoisotopic (exact) mass is 321 g/mol. The predicted molar refractivity (Wildman–Crippen MR) is 68.4 cm³/mol. The number of hydrogen-bond donors (Lipinski definition) is 3. The fourth-order valence-corrected chi connectivity index (χ4v) is 3.65. The Morgan fingerprint density at radius 3 is 2.25 bits per heavy atom. The molecule has 2 atom stereocenters. The molecule has 0 bridgehead atoms. The highest BCUT2D eigenvalue weighted by molar-refractivity contribution is 7.90. The van der Waals surface area contributed by atoms with Crippen molar-refractivity contribution in [1.82, 2.24) is 0 Å². The van der Waals surface area contributed by atoms with E-state index in [9.17, 15) is 21.6 Å². The summed E-state index contributed by atoms with van der Waals surface area (Å²) in [5.74, 6) is -1.81. The van der Waals surface area contributed by atoms with Crippen molar-refractivity contribution in [3.8, 4) is 0 Å². The molecule has 4 N–H and O–H groups in total. The molecule has 2 aliphatic carbocycles. The summed E-state index contributed by atoms with van der Waals surface area (Å²) in [4.78, 5) is 10.7. The molecule has 8 nitrogen and oxygen atoms in total. The van der Waals surface area contributed by atoms with Crippen LogP contribution in [0.1, 0.15) is 6.42 Å². The standard InChI is InChI=1S/C10H11NO7S2/c11-7-1-2-9(20(16,17)18)6-3-5(19(13,14)15)4-8(12)10(6)7/h1-2,4,7,10H,3,11H2,(H,13,14,15)(H,16,17,18). The van der Waals surface area contributed by atoms with Crippen molar-refractivity contribution in [1.29, 1.82) is 0 Å². The van der Waals surface area contributed by atoms with Gasteiger partial charge in [-0.05, 0) is 17.7 Å². The molecule has 0 amide bonds. The number of fused-ring (bicyclic) bond motifs is 1. The fourth-order valence-electron chi connectivity index (χ4n) is 2.27. The van der Waals surface area contributed by atoms with Gasteiger partial charge in [-0.15, -0.1) is 0 Å². The van der Waals surface area contributed by atoms with E-state index in [-0.39, 0.29) is 5.57 Å². The molecule has 0 saturated carbocycles. The summed E-state index contributed by atoms with van der Waals surface area (Å²) >= 11 is 0. The molecule has 110 valence electrons. The average molecular weight is 321 g/mol. The van der Waals surface area contributed by atoms with Crippen LogP contribution in [-0.2, 0) is 25.0 Å². The highest BCUT2D eigenvalue weighted by atomic mass is 32.2. The first-order valence-corrected chi connectivity index (χ1v) is 8.26. The van der Waals surface area contributed by atoms with E-state index in [4.69, 9.17) is 14.8 Å². The van der Waals surface area contributed by atoms with Gasteiger partial charge in [0.1, 0.15) is 0 Å². The summed E-state index contributed by atoms with van der Waals surface area (Å²) in [6, 6.07) is -0.831. The van der Waals surface area contributed by atoms with Crippen LogP contribution in [0.25, 0.3) is 0 Å². The number of carbonyl (C=O) groups excluding carboxylic acids is 1. The minimum absolute atomic E-state index is 0.136. The largest absolute Gasteiger partial charge is 0.324 e. The SMILES string of the molecule is NC1C=CC(S(=O)(=O)O)=C2CC(S(=O)(=O)O)=CC(=O)C21. The number of rotatable bonds is 2. The van der Waals surface area contributed by atoms with Gasteiger partial charge in [-0.3, -0.25) is 13.9 Å². The van der Waals surface area contributed by atoms with Crippen LogP contribution < -0.4 is 5.73 Å². The molecule has 2 aliphatic rings. The Bertz CT molecular complexity index is 770. The minimum atomic E-state index is -4.63. The molecule has 20 heavy (non-hydrogen) atoms. The van der Waals surface area contributed by atoms with Crippen LogP contribution in [0.15, 0.2) is 33.6 Å². The maximum atomic E-state index is 11.9. The maximum absolute atomic E-state index is 11.9. The first kappa shape index (κ1) is 15.1. The van der Waals surface area contributed by atoms with Crippen molar-refractivity contribution in [2.45, 2.75) is 12.5 Å². The van der Waals surface area contributed by atoms with Gasteiger partial charge in [0.25, 0.3) is 20.2 Å². The molecule has 0 saturated heterocycles. The van der Waals surface area contributed by atoms with Gasteiger partial charge < -0.3 is 5.73 Å². The van der Waals surface area contributed by atoms with Crippen molar-refractivity contribution in [3.63, 3.8) is 0 Å². The molecule has 0 aromatic heterocycles. The van der Waals surface area contributed by atoms with Gasteiger partial charge in [0.2, 0.25) is 0 Å². The number of carbonyl (C=O) groups is 1. The third kappa shape index (κ3) is 2.60. The molecule has 0 heterocycles. The van der Waals surface area contributed by atoms with E-state index in [1.807, 2.05) is 0 Å². The quantitative estimate of drug-likeness (QED) is 0.569. The second-order valence-corrected chi connectivity index (χ2v) is 7.31. The Hall–Kier alpha value is -1.33. The van der Waals surface area contributed by atoms with Gasteiger partial charge in [0, 0.05) is 12.5 Å². The lowest BCUT2D eigenvalue weighted by molar-refractivity contribution is -0.117. The predicted octanol–water partition coefficient (Wildman–Crippen LogP) is -0.614. The molecule has 0 fully saturated rings. The molecule has 0 radical (unpaired) electrons. The molecule has 10 heteroatoms. The molecule has 0 aromatic carbocycles. The lowest BCUT2D eigenvalue weighted by atomic mass is 9.79. The lowest BCUT2D eigenvalue weighted by Gasteiger charge is -2.30. The third-order valence-electron chi connectivity index (χ3n) is 3.13. The van der Waals surface area contributed by atoms with Crippen molar-refractivity contribution >= 4 is 26.0 Å². The van der Waals surface area contributed by atoms with E-state index in [1.54, 1.807) is 0 Å². The highest BCUT2D eigenvalue weighted by Crippen LogP contribution is 2.37. The van der Waals surface area contributed by atoms with Crippen LogP contribution >= 0.6 is 0 Å². The zero-order chi connectivity index (χ0) is 15.3. The number of allylic oxidation sites excluding steroid dienone is 3. The minimum Gasteiger partial charge on any atom is -0.324 e. The van der Waals surface area contributed by atoms with Gasteiger partial charge in [0.05, 0.1) is 15.7 Å². The Morgan fingerprint density at radius 1 is 1.15 bits per heavy atom. The second kappa shape index (κ2) is 4.60. The molecule has 2 unspecified atom stereocenters. The van der Waals surface area contributed by atoms with E-state index in [2.05, 4.69) is 0 Å². The summed E-state index contributed by atoms with van der Waals surface area (Å²) in [6.45, 7) is 0. The Kier molecular flexibility index (Phi) is 3.47. The van der Waals surface area contributed by atoms with Crippen LogP contribution in [0, 0.1) is 5.92 Å². The van der Waals surface area contributed by atoms with Crippen LogP contribution in [0.3, 0.4) is 0 Å². The Morgan fingerprint density at radius 2 is 1.75 bits per heavy atom. The molecule has 2 rings (SSSR count). The maximum Gasteiger partial charge on any atom is 0.294 e. The fraction of sp³-hybridized carbons (Fsp3) is 0.300. The third-order valence-corrected chi connectivity index (χ3v) is 5.01. The van der Waals surface area contributed by atoms with Gasteiger partial charge in [-0.2, -0.15) is 16.8 Å². The molecule has 0 spiro atoms. The van der Waals surface area contributed by atoms with Gasteiger partial charge >= 0.3 is 0 Å². The molecular weight excluding hydrogens is 310 g/mol. The lowest BCUT2D eigenvalue weighted by Crippen LogP contribution is -2.40. The van der Waals surface area contributed by atoms with E-state index in [0.29, 0.717) is 0 Å². The highest BCUT2D eigenvalue weighted by Gasteiger charge is 2.39. The Balaban J connectivity index is 2.69. The van der Waals surface area contributed by atoms with E-state index in [0.717, 1.165) is 12.2 Å². The molecular formula is C10H11NO7S2. The summed E-state index contributed by atoms with van der Waals surface area (Å²) in [7, 11) is -9.26. The van der Waals surface area contributed by atoms with E-state index >= 15 is 0 Å². The number of hydrogen-bond acceptors (Lipinski definition) is 6. The van der Waals surface area contributed by atoms with Crippen LogP contribution in [-0.4, -0.2) is 37.8 Å². The molecule has 0 aromatic rings. The summed E-state index contributed by atoms with van der Waals surface area (Å²) in [5, 5.41) is 0. The molecule has 0 aliphatic heterocycles.